The average molecular weight is 188 g/mol. The molecule has 0 fully saturated rings. The highest BCUT2D eigenvalue weighted by Crippen LogP contribution is 2.47. The summed E-state index contributed by atoms with van der Waals surface area (Å²) in [4.78, 5) is 0. The fourth-order valence-corrected chi connectivity index (χ4v) is 3.17. The van der Waals surface area contributed by atoms with Gasteiger partial charge >= 0.3 is 0 Å². The molecular weight excluding hydrogens is 168 g/mol. The number of hydrogen-bond donors (Lipinski definition) is 0. The molecular formula is C14H20. The lowest BCUT2D eigenvalue weighted by molar-refractivity contribution is 0.489. The van der Waals surface area contributed by atoms with Crippen molar-refractivity contribution in [2.45, 2.75) is 52.4 Å². The fraction of sp³-hybridized carbons (Fsp3) is 0.571. The minimum atomic E-state index is 0.380. The monoisotopic (exact) mass is 188 g/mol. The Kier molecular flexibility index (Phi) is 1.99. The van der Waals surface area contributed by atoms with Gasteiger partial charge in [0, 0.05) is 0 Å². The van der Waals surface area contributed by atoms with Crippen LogP contribution in [0.5, 0.6) is 0 Å². The van der Waals surface area contributed by atoms with Crippen LogP contribution in [0.1, 0.15) is 55.4 Å². The molecule has 0 N–H and O–H groups in total. The Hall–Kier alpha value is -0.780. The van der Waals surface area contributed by atoms with Gasteiger partial charge in [-0.25, -0.2) is 0 Å². The van der Waals surface area contributed by atoms with Gasteiger partial charge in [-0.3, -0.25) is 0 Å². The molecule has 0 spiro atoms. The highest BCUT2D eigenvalue weighted by Gasteiger charge is 2.35. The van der Waals surface area contributed by atoms with Crippen LogP contribution in [0, 0.1) is 13.8 Å². The number of benzene rings is 1. The molecule has 0 aromatic heterocycles. The van der Waals surface area contributed by atoms with Crippen molar-refractivity contribution >= 4 is 0 Å². The van der Waals surface area contributed by atoms with Crippen molar-refractivity contribution in [1.29, 1.82) is 0 Å². The molecule has 1 aromatic carbocycles. The van der Waals surface area contributed by atoms with Crippen molar-refractivity contribution < 1.29 is 0 Å². The molecule has 0 saturated carbocycles. The molecule has 1 aliphatic carbocycles. The van der Waals surface area contributed by atoms with Crippen LogP contribution in [-0.2, 0) is 5.41 Å². The van der Waals surface area contributed by atoms with E-state index in [0.29, 0.717) is 5.41 Å². The van der Waals surface area contributed by atoms with E-state index in [1.165, 1.54) is 17.5 Å². The summed E-state index contributed by atoms with van der Waals surface area (Å²) in [6.07, 6.45) is 1.30. The lowest BCUT2D eigenvalue weighted by Crippen LogP contribution is -2.12. The fourth-order valence-electron chi connectivity index (χ4n) is 3.17. The van der Waals surface area contributed by atoms with Gasteiger partial charge in [-0.15, -0.1) is 0 Å². The van der Waals surface area contributed by atoms with Crippen LogP contribution >= 0.6 is 0 Å². The van der Waals surface area contributed by atoms with Crippen molar-refractivity contribution in [3.63, 3.8) is 0 Å². The lowest BCUT2D eigenvalue weighted by Gasteiger charge is -2.19. The first-order chi connectivity index (χ1) is 6.42. The lowest BCUT2D eigenvalue weighted by atomic mass is 9.85. The van der Waals surface area contributed by atoms with E-state index in [4.69, 9.17) is 0 Å². The molecule has 0 heterocycles. The second-order valence-corrected chi connectivity index (χ2v) is 5.53. The minimum Gasteiger partial charge on any atom is -0.0584 e. The van der Waals surface area contributed by atoms with Gasteiger partial charge in [-0.05, 0) is 48.3 Å². The van der Waals surface area contributed by atoms with Crippen LogP contribution in [0.3, 0.4) is 0 Å². The van der Waals surface area contributed by atoms with E-state index in [0.717, 1.165) is 5.92 Å². The molecule has 1 aliphatic rings. The first-order valence-electron chi connectivity index (χ1n) is 5.53. The largest absolute Gasteiger partial charge is 0.0584 e. The molecule has 0 bridgehead atoms. The van der Waals surface area contributed by atoms with E-state index in [9.17, 15) is 0 Å². The molecule has 0 nitrogen and oxygen atoms in total. The maximum absolute atomic E-state index is 2.38. The Morgan fingerprint density at radius 3 is 2.50 bits per heavy atom. The molecule has 0 amide bonds. The average Bonchev–Trinajstić information content (AvgIpc) is 2.21. The van der Waals surface area contributed by atoms with Gasteiger partial charge in [0.25, 0.3) is 0 Å². The first kappa shape index (κ1) is 9.76. The summed E-state index contributed by atoms with van der Waals surface area (Å²) < 4.78 is 0. The summed E-state index contributed by atoms with van der Waals surface area (Å²) in [5.74, 6) is 0.737. The molecule has 0 radical (unpaired) electrons. The van der Waals surface area contributed by atoms with Gasteiger partial charge in [-0.1, -0.05) is 38.5 Å². The molecule has 76 valence electrons. The van der Waals surface area contributed by atoms with Crippen molar-refractivity contribution in [2.24, 2.45) is 0 Å². The molecule has 0 aliphatic heterocycles. The summed E-state index contributed by atoms with van der Waals surface area (Å²) in [5.41, 5.74) is 6.47. The molecule has 2 rings (SSSR count). The number of rotatable bonds is 0. The predicted octanol–water partition coefficient (Wildman–Crippen LogP) is 4.09. The maximum Gasteiger partial charge on any atom is -0.00948 e. The number of fused-ring (bicyclic) bond motifs is 1. The Balaban J connectivity index is 2.69. The van der Waals surface area contributed by atoms with Crippen LogP contribution in [0.25, 0.3) is 0 Å². The Morgan fingerprint density at radius 2 is 1.86 bits per heavy atom. The first-order valence-corrected chi connectivity index (χ1v) is 5.53. The van der Waals surface area contributed by atoms with Gasteiger partial charge in [0.1, 0.15) is 0 Å². The number of hydrogen-bond acceptors (Lipinski definition) is 0. The molecule has 1 aromatic rings. The Morgan fingerprint density at radius 1 is 1.21 bits per heavy atom. The van der Waals surface area contributed by atoms with Gasteiger partial charge in [0.2, 0.25) is 0 Å². The van der Waals surface area contributed by atoms with Crippen molar-refractivity contribution in [1.82, 2.24) is 0 Å². The number of aryl methyl sites for hydroxylation is 2. The van der Waals surface area contributed by atoms with E-state index in [1.807, 2.05) is 0 Å². The van der Waals surface area contributed by atoms with Crippen molar-refractivity contribution in [3.05, 3.63) is 34.4 Å². The smallest absolute Gasteiger partial charge is 0.00948 e. The molecule has 1 atom stereocenters. The summed E-state index contributed by atoms with van der Waals surface area (Å²) in [5, 5.41) is 0. The summed E-state index contributed by atoms with van der Waals surface area (Å²) in [7, 11) is 0. The zero-order chi connectivity index (χ0) is 10.5. The van der Waals surface area contributed by atoms with Crippen LogP contribution < -0.4 is 0 Å². The van der Waals surface area contributed by atoms with Gasteiger partial charge in [-0.2, -0.15) is 0 Å². The zero-order valence-electron chi connectivity index (χ0n) is 9.94. The summed E-state index contributed by atoms with van der Waals surface area (Å²) in [6.45, 7) is 11.6. The minimum absolute atomic E-state index is 0.380. The third kappa shape index (κ3) is 1.28. The van der Waals surface area contributed by atoms with Gasteiger partial charge in [0.15, 0.2) is 0 Å². The van der Waals surface area contributed by atoms with E-state index in [2.05, 4.69) is 46.8 Å². The van der Waals surface area contributed by atoms with Crippen molar-refractivity contribution in [2.75, 3.05) is 0 Å². The zero-order valence-corrected chi connectivity index (χ0v) is 9.94. The summed E-state index contributed by atoms with van der Waals surface area (Å²) in [6, 6.07) is 4.70. The highest BCUT2D eigenvalue weighted by molar-refractivity contribution is 5.48. The maximum atomic E-state index is 2.38. The quantitative estimate of drug-likeness (QED) is 0.575. The Bertz CT molecular complexity index is 372. The Labute approximate surface area is 87.3 Å². The molecule has 0 heteroatoms. The van der Waals surface area contributed by atoms with Crippen LogP contribution in [0.4, 0.5) is 0 Å². The standard InChI is InChI=1S/C14H20/c1-9-6-10(2)13-11(3)8-14(4,5)12(13)7-9/h6-7,11H,8H2,1-5H3. The molecule has 14 heavy (non-hydrogen) atoms. The SMILES string of the molecule is Cc1cc(C)c2c(c1)C(C)(C)CC2C. The molecule has 0 saturated heterocycles. The van der Waals surface area contributed by atoms with Crippen LogP contribution in [0.15, 0.2) is 12.1 Å². The highest BCUT2D eigenvalue weighted by atomic mass is 14.4. The predicted molar refractivity (Wildman–Crippen MR) is 62.0 cm³/mol. The second kappa shape index (κ2) is 2.85. The topological polar surface area (TPSA) is 0 Å². The normalized spacial score (nSPS) is 23.6. The second-order valence-electron chi connectivity index (χ2n) is 5.53. The third-order valence-electron chi connectivity index (χ3n) is 3.57. The summed E-state index contributed by atoms with van der Waals surface area (Å²) >= 11 is 0. The van der Waals surface area contributed by atoms with Crippen LogP contribution in [0.2, 0.25) is 0 Å². The third-order valence-corrected chi connectivity index (χ3v) is 3.57. The van der Waals surface area contributed by atoms with Crippen molar-refractivity contribution in [3.8, 4) is 0 Å². The molecule has 1 unspecified atom stereocenters. The van der Waals surface area contributed by atoms with Gasteiger partial charge < -0.3 is 0 Å². The van der Waals surface area contributed by atoms with E-state index in [1.54, 1.807) is 11.1 Å². The van der Waals surface area contributed by atoms with E-state index >= 15 is 0 Å². The van der Waals surface area contributed by atoms with Gasteiger partial charge in [0.05, 0.1) is 0 Å². The van der Waals surface area contributed by atoms with E-state index < -0.39 is 0 Å². The van der Waals surface area contributed by atoms with E-state index in [-0.39, 0.29) is 0 Å². The van der Waals surface area contributed by atoms with Crippen LogP contribution in [-0.4, -0.2) is 0 Å².